The highest BCUT2D eigenvalue weighted by Gasteiger charge is 2.20. The molecule has 0 bridgehead atoms. The third-order valence-electron chi connectivity index (χ3n) is 5.56. The van der Waals surface area contributed by atoms with Gasteiger partial charge in [0.1, 0.15) is 5.75 Å². The molecular weight excluding hydrogens is 458 g/mol. The maximum absolute atomic E-state index is 12.3. The molecule has 4 rings (SSSR count). The molecule has 0 aliphatic carbocycles. The van der Waals surface area contributed by atoms with Crippen LogP contribution in [0.3, 0.4) is 0 Å². The van der Waals surface area contributed by atoms with Crippen LogP contribution in [0.4, 0.5) is 11.4 Å². The van der Waals surface area contributed by atoms with Crippen molar-refractivity contribution in [1.29, 1.82) is 0 Å². The molecule has 0 saturated carbocycles. The highest BCUT2D eigenvalue weighted by molar-refractivity contribution is 6.31. The van der Waals surface area contributed by atoms with Crippen LogP contribution in [-0.4, -0.2) is 46.1 Å². The summed E-state index contributed by atoms with van der Waals surface area (Å²) in [5, 5.41) is 22.5. The Hall–Kier alpha value is -3.43. The van der Waals surface area contributed by atoms with Crippen molar-refractivity contribution in [2.24, 2.45) is 10.2 Å². The van der Waals surface area contributed by atoms with Gasteiger partial charge in [0.05, 0.1) is 12.2 Å². The molecule has 1 fully saturated rings. The SMILES string of the molecule is CC(=O)Nc1ccc(OCC(=O)N=Nc2c(O)n(CN3CCCCC3)c3ccc(Cl)cc23)cc1. The number of likely N-dealkylation sites (tertiary alicyclic amines) is 1. The molecule has 1 aromatic heterocycles. The number of nitrogens with zero attached hydrogens (tertiary/aromatic N) is 4. The van der Waals surface area contributed by atoms with Gasteiger partial charge in [-0.3, -0.25) is 19.1 Å². The Morgan fingerprint density at radius 2 is 1.85 bits per heavy atom. The topological polar surface area (TPSA) is 109 Å². The van der Waals surface area contributed by atoms with Gasteiger partial charge in [0, 0.05) is 23.0 Å². The second-order valence-electron chi connectivity index (χ2n) is 8.17. The number of benzene rings is 2. The monoisotopic (exact) mass is 483 g/mol. The number of rotatable bonds is 7. The van der Waals surface area contributed by atoms with Crippen LogP contribution in [0.25, 0.3) is 10.9 Å². The van der Waals surface area contributed by atoms with E-state index in [-0.39, 0.29) is 24.1 Å². The van der Waals surface area contributed by atoms with E-state index < -0.39 is 5.91 Å². The molecule has 0 radical (unpaired) electrons. The van der Waals surface area contributed by atoms with Crippen LogP contribution in [-0.2, 0) is 16.3 Å². The normalized spacial score (nSPS) is 14.5. The summed E-state index contributed by atoms with van der Waals surface area (Å²) in [6.45, 7) is 3.54. The van der Waals surface area contributed by atoms with Gasteiger partial charge >= 0.3 is 5.91 Å². The minimum Gasteiger partial charge on any atom is -0.493 e. The maximum Gasteiger partial charge on any atom is 0.302 e. The molecule has 1 aliphatic rings. The van der Waals surface area contributed by atoms with E-state index in [0.29, 0.717) is 28.5 Å². The number of carbonyl (C=O) groups excluding carboxylic acids is 2. The van der Waals surface area contributed by atoms with E-state index in [0.717, 1.165) is 31.4 Å². The highest BCUT2D eigenvalue weighted by atomic mass is 35.5. The van der Waals surface area contributed by atoms with Crippen LogP contribution in [0.1, 0.15) is 26.2 Å². The average molecular weight is 484 g/mol. The number of carbonyl (C=O) groups is 2. The van der Waals surface area contributed by atoms with Crippen LogP contribution < -0.4 is 10.1 Å². The Kier molecular flexibility index (Phi) is 7.44. The number of halogens is 1. The maximum atomic E-state index is 12.3. The molecule has 2 heterocycles. The number of aromatic hydroxyl groups is 1. The quantitative estimate of drug-likeness (QED) is 0.455. The van der Waals surface area contributed by atoms with Crippen molar-refractivity contribution in [3.8, 4) is 11.6 Å². The Morgan fingerprint density at radius 1 is 1.12 bits per heavy atom. The van der Waals surface area contributed by atoms with Gasteiger partial charge in [0.2, 0.25) is 11.8 Å². The van der Waals surface area contributed by atoms with E-state index in [1.54, 1.807) is 41.0 Å². The van der Waals surface area contributed by atoms with Gasteiger partial charge in [-0.05, 0) is 68.4 Å². The summed E-state index contributed by atoms with van der Waals surface area (Å²) >= 11 is 6.18. The molecule has 1 aliphatic heterocycles. The third kappa shape index (κ3) is 5.73. The summed E-state index contributed by atoms with van der Waals surface area (Å²) < 4.78 is 7.21. The Morgan fingerprint density at radius 3 is 2.56 bits per heavy atom. The summed E-state index contributed by atoms with van der Waals surface area (Å²) in [5.74, 6) is -0.394. The van der Waals surface area contributed by atoms with Crippen molar-refractivity contribution >= 4 is 45.7 Å². The van der Waals surface area contributed by atoms with Gasteiger partial charge in [-0.15, -0.1) is 10.2 Å². The minimum atomic E-state index is -0.607. The minimum absolute atomic E-state index is 0.0612. The summed E-state index contributed by atoms with van der Waals surface area (Å²) in [5.41, 5.74) is 1.59. The lowest BCUT2D eigenvalue weighted by Gasteiger charge is -2.27. The predicted molar refractivity (Wildman–Crippen MR) is 130 cm³/mol. The van der Waals surface area contributed by atoms with Crippen LogP contribution >= 0.6 is 11.6 Å². The zero-order valence-electron chi connectivity index (χ0n) is 18.8. The zero-order chi connectivity index (χ0) is 24.1. The van der Waals surface area contributed by atoms with E-state index in [2.05, 4.69) is 20.4 Å². The van der Waals surface area contributed by atoms with E-state index in [4.69, 9.17) is 16.3 Å². The second kappa shape index (κ2) is 10.7. The first-order valence-electron chi connectivity index (χ1n) is 11.1. The first kappa shape index (κ1) is 23.7. The number of hydrogen-bond acceptors (Lipinski definition) is 6. The molecule has 9 nitrogen and oxygen atoms in total. The smallest absolute Gasteiger partial charge is 0.302 e. The van der Waals surface area contributed by atoms with Gasteiger partial charge in [-0.2, -0.15) is 0 Å². The molecule has 0 atom stereocenters. The fourth-order valence-electron chi connectivity index (χ4n) is 3.96. The number of aromatic nitrogens is 1. The molecule has 10 heteroatoms. The zero-order valence-corrected chi connectivity index (χ0v) is 19.6. The number of amides is 2. The number of fused-ring (bicyclic) bond motifs is 1. The standard InChI is InChI=1S/C24H26ClN5O4/c1-16(31)26-18-6-8-19(9-7-18)34-14-22(32)27-28-23-20-13-17(25)5-10-21(20)30(24(23)33)15-29-11-3-2-4-12-29/h5-10,13,33H,2-4,11-12,14-15H2,1H3,(H,26,31). The fraction of sp³-hybridized carbons (Fsp3) is 0.333. The first-order chi connectivity index (χ1) is 16.4. The number of azo groups is 1. The van der Waals surface area contributed by atoms with E-state index in [9.17, 15) is 14.7 Å². The second-order valence-corrected chi connectivity index (χ2v) is 8.61. The summed E-state index contributed by atoms with van der Waals surface area (Å²) in [6, 6.07) is 11.9. The summed E-state index contributed by atoms with van der Waals surface area (Å²) in [7, 11) is 0. The van der Waals surface area contributed by atoms with Crippen molar-refractivity contribution in [2.75, 3.05) is 25.0 Å². The molecule has 34 heavy (non-hydrogen) atoms. The Bertz CT molecular complexity index is 1220. The van der Waals surface area contributed by atoms with Crippen molar-refractivity contribution < 1.29 is 19.4 Å². The average Bonchev–Trinajstić information content (AvgIpc) is 3.07. The van der Waals surface area contributed by atoms with Crippen LogP contribution in [0.5, 0.6) is 11.6 Å². The fourth-order valence-corrected chi connectivity index (χ4v) is 4.13. The Labute approximate surface area is 202 Å². The van der Waals surface area contributed by atoms with Crippen LogP contribution in [0, 0.1) is 0 Å². The van der Waals surface area contributed by atoms with Crippen molar-refractivity contribution in [1.82, 2.24) is 9.47 Å². The molecule has 2 N–H and O–H groups in total. The highest BCUT2D eigenvalue weighted by Crippen LogP contribution is 2.40. The molecular formula is C24H26ClN5O4. The number of hydrogen-bond donors (Lipinski definition) is 2. The molecule has 178 valence electrons. The number of anilines is 1. The lowest BCUT2D eigenvalue weighted by atomic mass is 10.1. The van der Waals surface area contributed by atoms with Crippen molar-refractivity contribution in [3.05, 3.63) is 47.5 Å². The van der Waals surface area contributed by atoms with Gasteiger partial charge in [0.25, 0.3) is 0 Å². The van der Waals surface area contributed by atoms with Gasteiger partial charge in [0.15, 0.2) is 12.3 Å². The van der Waals surface area contributed by atoms with Crippen molar-refractivity contribution in [3.63, 3.8) is 0 Å². The van der Waals surface area contributed by atoms with Gasteiger partial charge < -0.3 is 15.2 Å². The van der Waals surface area contributed by atoms with E-state index in [1.165, 1.54) is 13.3 Å². The number of ether oxygens (including phenoxy) is 1. The third-order valence-corrected chi connectivity index (χ3v) is 5.80. The summed E-state index contributed by atoms with van der Waals surface area (Å²) in [6.07, 6.45) is 3.47. The predicted octanol–water partition coefficient (Wildman–Crippen LogP) is 5.09. The van der Waals surface area contributed by atoms with Gasteiger partial charge in [-0.1, -0.05) is 18.0 Å². The largest absolute Gasteiger partial charge is 0.493 e. The molecule has 3 aromatic rings. The lowest BCUT2D eigenvalue weighted by Crippen LogP contribution is -2.31. The van der Waals surface area contributed by atoms with Crippen LogP contribution in [0.2, 0.25) is 5.02 Å². The van der Waals surface area contributed by atoms with Crippen LogP contribution in [0.15, 0.2) is 52.7 Å². The van der Waals surface area contributed by atoms with Crippen molar-refractivity contribution in [2.45, 2.75) is 32.9 Å². The molecule has 1 saturated heterocycles. The number of nitrogens with one attached hydrogen (secondary N) is 1. The molecule has 0 spiro atoms. The van der Waals surface area contributed by atoms with E-state index >= 15 is 0 Å². The molecule has 0 unspecified atom stereocenters. The number of piperidine rings is 1. The Balaban J connectivity index is 1.47. The molecule has 2 amide bonds. The van der Waals surface area contributed by atoms with E-state index in [1.807, 2.05) is 6.07 Å². The molecule has 2 aromatic carbocycles. The lowest BCUT2D eigenvalue weighted by molar-refractivity contribution is -0.120. The summed E-state index contributed by atoms with van der Waals surface area (Å²) in [4.78, 5) is 25.6. The first-order valence-corrected chi connectivity index (χ1v) is 11.5. The van der Waals surface area contributed by atoms with Gasteiger partial charge in [-0.25, -0.2) is 0 Å².